The number of rotatable bonds is 9. The Labute approximate surface area is 103 Å². The van der Waals surface area contributed by atoms with E-state index in [4.69, 9.17) is 5.73 Å². The number of hydrogen-bond acceptors (Lipinski definition) is 2. The van der Waals surface area contributed by atoms with Crippen molar-refractivity contribution in [3.63, 3.8) is 0 Å². The van der Waals surface area contributed by atoms with E-state index in [9.17, 15) is 0 Å². The lowest BCUT2D eigenvalue weighted by Gasteiger charge is -2.44. The minimum absolute atomic E-state index is 0.171. The molecule has 0 saturated carbocycles. The summed E-state index contributed by atoms with van der Waals surface area (Å²) in [6, 6.07) is 0. The van der Waals surface area contributed by atoms with E-state index in [0.717, 1.165) is 6.54 Å². The van der Waals surface area contributed by atoms with Crippen molar-refractivity contribution < 1.29 is 0 Å². The van der Waals surface area contributed by atoms with Gasteiger partial charge in [0.05, 0.1) is 0 Å². The van der Waals surface area contributed by atoms with Gasteiger partial charge in [0.25, 0.3) is 0 Å². The molecule has 16 heavy (non-hydrogen) atoms. The summed E-state index contributed by atoms with van der Waals surface area (Å²) in [5.41, 5.74) is 6.18. The highest BCUT2D eigenvalue weighted by Crippen LogP contribution is 2.24. The van der Waals surface area contributed by atoms with Gasteiger partial charge < -0.3 is 5.73 Å². The van der Waals surface area contributed by atoms with Crippen LogP contribution in [0.4, 0.5) is 0 Å². The van der Waals surface area contributed by atoms with Gasteiger partial charge in [-0.05, 0) is 38.8 Å². The molecule has 98 valence electrons. The van der Waals surface area contributed by atoms with Gasteiger partial charge in [-0.25, -0.2) is 0 Å². The van der Waals surface area contributed by atoms with Crippen LogP contribution in [0.5, 0.6) is 0 Å². The van der Waals surface area contributed by atoms with Crippen LogP contribution in [-0.4, -0.2) is 30.1 Å². The van der Waals surface area contributed by atoms with E-state index in [0.29, 0.717) is 5.92 Å². The molecule has 0 aromatic carbocycles. The molecular weight excluding hydrogens is 196 g/mol. The number of hydrogen-bond donors (Lipinski definition) is 1. The van der Waals surface area contributed by atoms with Gasteiger partial charge in [0.15, 0.2) is 0 Å². The first kappa shape index (κ1) is 15.9. The molecule has 0 aliphatic rings. The first-order valence-electron chi connectivity index (χ1n) is 6.98. The van der Waals surface area contributed by atoms with Gasteiger partial charge in [0.2, 0.25) is 0 Å². The zero-order valence-corrected chi connectivity index (χ0v) is 12.1. The maximum Gasteiger partial charge on any atom is 0.0326 e. The Balaban J connectivity index is 4.54. The van der Waals surface area contributed by atoms with E-state index < -0.39 is 0 Å². The molecule has 0 rings (SSSR count). The molecule has 0 fully saturated rings. The van der Waals surface area contributed by atoms with Gasteiger partial charge in [-0.1, -0.05) is 40.5 Å². The fraction of sp³-hybridized carbons (Fsp3) is 1.00. The zero-order valence-electron chi connectivity index (χ0n) is 12.1. The van der Waals surface area contributed by atoms with Crippen LogP contribution in [0.1, 0.15) is 60.3 Å². The Morgan fingerprint density at radius 1 is 1.06 bits per heavy atom. The zero-order chi connectivity index (χ0) is 12.6. The second-order valence-electron chi connectivity index (χ2n) is 5.41. The van der Waals surface area contributed by atoms with Gasteiger partial charge in [-0.15, -0.1) is 0 Å². The minimum atomic E-state index is 0.171. The first-order chi connectivity index (χ1) is 7.52. The second kappa shape index (κ2) is 8.08. The summed E-state index contributed by atoms with van der Waals surface area (Å²) in [6.07, 6.45) is 5.10. The molecule has 0 aliphatic heterocycles. The van der Waals surface area contributed by atoms with Crippen LogP contribution in [0.15, 0.2) is 0 Å². The summed E-state index contributed by atoms with van der Waals surface area (Å²) in [5.74, 6) is 0.617. The van der Waals surface area contributed by atoms with Crippen molar-refractivity contribution in [1.82, 2.24) is 4.90 Å². The van der Waals surface area contributed by atoms with Crippen LogP contribution in [-0.2, 0) is 0 Å². The second-order valence-corrected chi connectivity index (χ2v) is 5.41. The van der Waals surface area contributed by atoms with Gasteiger partial charge in [-0.3, -0.25) is 4.90 Å². The first-order valence-corrected chi connectivity index (χ1v) is 6.98. The Morgan fingerprint density at radius 3 is 1.75 bits per heavy atom. The fourth-order valence-electron chi connectivity index (χ4n) is 2.05. The van der Waals surface area contributed by atoms with Crippen molar-refractivity contribution in [3.8, 4) is 0 Å². The Kier molecular flexibility index (Phi) is 8.04. The van der Waals surface area contributed by atoms with Crippen molar-refractivity contribution in [2.24, 2.45) is 11.7 Å². The number of nitrogens with two attached hydrogens (primary N) is 1. The topological polar surface area (TPSA) is 29.3 Å². The van der Waals surface area contributed by atoms with Crippen molar-refractivity contribution in [3.05, 3.63) is 0 Å². The molecule has 1 atom stereocenters. The summed E-state index contributed by atoms with van der Waals surface area (Å²) >= 11 is 0. The molecule has 2 nitrogen and oxygen atoms in total. The Morgan fingerprint density at radius 2 is 1.50 bits per heavy atom. The smallest absolute Gasteiger partial charge is 0.0326 e. The fourth-order valence-corrected chi connectivity index (χ4v) is 2.05. The molecule has 0 amide bonds. The van der Waals surface area contributed by atoms with Crippen LogP contribution in [0.25, 0.3) is 0 Å². The highest BCUT2D eigenvalue weighted by Gasteiger charge is 2.32. The average Bonchev–Trinajstić information content (AvgIpc) is 2.28. The van der Waals surface area contributed by atoms with Crippen molar-refractivity contribution in [1.29, 1.82) is 0 Å². The summed E-state index contributed by atoms with van der Waals surface area (Å²) in [4.78, 5) is 2.62. The standard InChI is InChI=1S/C14H32N2/c1-6-8-10-16(11-9-7-2)14(5,12-15)13(3)4/h13H,6-12,15H2,1-5H3. The van der Waals surface area contributed by atoms with Crippen LogP contribution >= 0.6 is 0 Å². The highest BCUT2D eigenvalue weighted by atomic mass is 15.2. The van der Waals surface area contributed by atoms with Crippen LogP contribution in [0, 0.1) is 5.92 Å². The van der Waals surface area contributed by atoms with E-state index >= 15 is 0 Å². The molecule has 0 aromatic rings. The molecule has 0 saturated heterocycles. The summed E-state index contributed by atoms with van der Waals surface area (Å²) < 4.78 is 0. The molecule has 0 spiro atoms. The van der Waals surface area contributed by atoms with Gasteiger partial charge >= 0.3 is 0 Å². The molecule has 1 unspecified atom stereocenters. The van der Waals surface area contributed by atoms with Crippen LogP contribution < -0.4 is 5.73 Å². The summed E-state index contributed by atoms with van der Waals surface area (Å²) in [5, 5.41) is 0. The van der Waals surface area contributed by atoms with Crippen molar-refractivity contribution in [2.45, 2.75) is 65.8 Å². The molecule has 0 heterocycles. The summed E-state index contributed by atoms with van der Waals surface area (Å²) in [7, 11) is 0. The molecule has 2 N–H and O–H groups in total. The lowest BCUT2D eigenvalue weighted by Crippen LogP contribution is -2.55. The summed E-state index contributed by atoms with van der Waals surface area (Å²) in [6.45, 7) is 14.6. The van der Waals surface area contributed by atoms with E-state index in [1.807, 2.05) is 0 Å². The maximum atomic E-state index is 6.01. The third-order valence-electron chi connectivity index (χ3n) is 3.94. The van der Waals surface area contributed by atoms with Crippen molar-refractivity contribution >= 4 is 0 Å². The van der Waals surface area contributed by atoms with Crippen LogP contribution in [0.2, 0.25) is 0 Å². The average molecular weight is 228 g/mol. The lowest BCUT2D eigenvalue weighted by molar-refractivity contribution is 0.0641. The lowest BCUT2D eigenvalue weighted by atomic mass is 9.86. The van der Waals surface area contributed by atoms with Crippen LogP contribution in [0.3, 0.4) is 0 Å². The Hall–Kier alpha value is -0.0800. The third kappa shape index (κ3) is 4.42. The monoisotopic (exact) mass is 228 g/mol. The van der Waals surface area contributed by atoms with Gasteiger partial charge in [0, 0.05) is 12.1 Å². The van der Waals surface area contributed by atoms with E-state index in [1.54, 1.807) is 0 Å². The number of unbranched alkanes of at least 4 members (excludes halogenated alkanes) is 2. The highest BCUT2D eigenvalue weighted by molar-refractivity contribution is 4.90. The largest absolute Gasteiger partial charge is 0.329 e. The number of nitrogens with zero attached hydrogens (tertiary/aromatic N) is 1. The molecule has 0 bridgehead atoms. The van der Waals surface area contributed by atoms with E-state index in [1.165, 1.54) is 38.8 Å². The van der Waals surface area contributed by atoms with E-state index in [2.05, 4.69) is 39.5 Å². The quantitative estimate of drug-likeness (QED) is 0.656. The molecular formula is C14H32N2. The predicted molar refractivity (Wildman–Crippen MR) is 73.7 cm³/mol. The van der Waals surface area contributed by atoms with Crippen molar-refractivity contribution in [2.75, 3.05) is 19.6 Å². The maximum absolute atomic E-state index is 6.01. The molecule has 0 radical (unpaired) electrons. The molecule has 2 heteroatoms. The minimum Gasteiger partial charge on any atom is -0.329 e. The SMILES string of the molecule is CCCCN(CCCC)C(C)(CN)C(C)C. The Bertz CT molecular complexity index is 160. The predicted octanol–water partition coefficient (Wildman–Crippen LogP) is 3.26. The third-order valence-corrected chi connectivity index (χ3v) is 3.94. The molecule has 0 aliphatic carbocycles. The normalized spacial score (nSPS) is 15.8. The molecule has 0 aromatic heterocycles. The van der Waals surface area contributed by atoms with Gasteiger partial charge in [-0.2, -0.15) is 0 Å². The van der Waals surface area contributed by atoms with Gasteiger partial charge in [0.1, 0.15) is 0 Å². The van der Waals surface area contributed by atoms with E-state index in [-0.39, 0.29) is 5.54 Å².